The minimum Gasteiger partial charge on any atom is -0.357 e. The van der Waals surface area contributed by atoms with Crippen LogP contribution in [0.25, 0.3) is 0 Å². The van der Waals surface area contributed by atoms with Crippen LogP contribution in [0, 0.1) is 12.8 Å². The molecule has 1 aliphatic rings. The smallest absolute Gasteiger partial charge is 0.191 e. The van der Waals surface area contributed by atoms with E-state index in [1.165, 1.54) is 48.4 Å². The number of nitrogens with zero attached hydrogens (tertiary/aromatic N) is 2. The van der Waals surface area contributed by atoms with Crippen molar-refractivity contribution in [2.75, 3.05) is 19.6 Å². The van der Waals surface area contributed by atoms with Crippen molar-refractivity contribution < 1.29 is 0 Å². The first-order chi connectivity index (χ1) is 10.8. The predicted molar refractivity (Wildman–Crippen MR) is 111 cm³/mol. The molecule has 1 aromatic rings. The fourth-order valence-electron chi connectivity index (χ4n) is 3.02. The van der Waals surface area contributed by atoms with Crippen molar-refractivity contribution >= 4 is 41.3 Å². The highest BCUT2D eigenvalue weighted by Crippen LogP contribution is 2.28. The van der Waals surface area contributed by atoms with Crippen molar-refractivity contribution in [3.05, 3.63) is 16.1 Å². The van der Waals surface area contributed by atoms with Crippen LogP contribution in [0.5, 0.6) is 0 Å². The molecule has 1 aromatic heterocycles. The SMILES string of the molecule is CCNC(=NCCCC1CCCC1)NCCc1ncc(C)s1.I. The maximum atomic E-state index is 4.69. The maximum absolute atomic E-state index is 4.69. The van der Waals surface area contributed by atoms with Crippen molar-refractivity contribution in [2.24, 2.45) is 10.9 Å². The lowest BCUT2D eigenvalue weighted by Gasteiger charge is -2.11. The molecule has 0 atom stereocenters. The van der Waals surface area contributed by atoms with Crippen molar-refractivity contribution in [2.45, 2.75) is 58.8 Å². The number of aryl methyl sites for hydroxylation is 1. The van der Waals surface area contributed by atoms with Crippen molar-refractivity contribution in [1.29, 1.82) is 0 Å². The van der Waals surface area contributed by atoms with Gasteiger partial charge >= 0.3 is 0 Å². The molecule has 2 N–H and O–H groups in total. The van der Waals surface area contributed by atoms with Gasteiger partial charge in [-0.1, -0.05) is 25.7 Å². The normalized spacial score (nSPS) is 15.5. The van der Waals surface area contributed by atoms with Gasteiger partial charge in [0, 0.05) is 37.1 Å². The van der Waals surface area contributed by atoms with E-state index < -0.39 is 0 Å². The van der Waals surface area contributed by atoms with E-state index in [0.717, 1.165) is 37.9 Å². The summed E-state index contributed by atoms with van der Waals surface area (Å²) in [5.74, 6) is 1.92. The fourth-order valence-corrected chi connectivity index (χ4v) is 3.80. The Balaban J connectivity index is 0.00000264. The minimum absolute atomic E-state index is 0. The van der Waals surface area contributed by atoms with Crippen LogP contribution in [0.1, 0.15) is 55.3 Å². The lowest BCUT2D eigenvalue weighted by atomic mass is 10.0. The molecule has 0 saturated heterocycles. The highest BCUT2D eigenvalue weighted by molar-refractivity contribution is 14.0. The Morgan fingerprint density at radius 1 is 1.35 bits per heavy atom. The second kappa shape index (κ2) is 12.1. The maximum Gasteiger partial charge on any atom is 0.191 e. The molecule has 0 aliphatic heterocycles. The van der Waals surface area contributed by atoms with Gasteiger partial charge in [0.15, 0.2) is 5.96 Å². The number of aliphatic imine (C=N–C) groups is 1. The van der Waals surface area contributed by atoms with Gasteiger partial charge in [0.1, 0.15) is 0 Å². The lowest BCUT2D eigenvalue weighted by molar-refractivity contribution is 0.487. The molecular weight excluding hydrogens is 419 g/mol. The zero-order valence-electron chi connectivity index (χ0n) is 14.4. The summed E-state index contributed by atoms with van der Waals surface area (Å²) in [6.07, 6.45) is 11.2. The molecule has 0 spiro atoms. The highest BCUT2D eigenvalue weighted by atomic mass is 127. The third kappa shape index (κ3) is 8.33. The molecule has 23 heavy (non-hydrogen) atoms. The molecule has 1 fully saturated rings. The van der Waals surface area contributed by atoms with Crippen LogP contribution >= 0.6 is 35.3 Å². The number of aromatic nitrogens is 1. The quantitative estimate of drug-likeness (QED) is 0.271. The van der Waals surface area contributed by atoms with E-state index in [9.17, 15) is 0 Å². The summed E-state index contributed by atoms with van der Waals surface area (Å²) in [6, 6.07) is 0. The van der Waals surface area contributed by atoms with Crippen LogP contribution in [0.3, 0.4) is 0 Å². The second-order valence-corrected chi connectivity index (χ2v) is 7.41. The average Bonchev–Trinajstić information content (AvgIpc) is 3.15. The summed E-state index contributed by atoms with van der Waals surface area (Å²) >= 11 is 1.78. The molecule has 0 bridgehead atoms. The zero-order valence-corrected chi connectivity index (χ0v) is 17.6. The lowest BCUT2D eigenvalue weighted by Crippen LogP contribution is -2.38. The molecule has 1 aliphatic carbocycles. The van der Waals surface area contributed by atoms with E-state index in [2.05, 4.69) is 34.5 Å². The van der Waals surface area contributed by atoms with E-state index in [1.54, 1.807) is 11.3 Å². The topological polar surface area (TPSA) is 49.3 Å². The summed E-state index contributed by atoms with van der Waals surface area (Å²) < 4.78 is 0. The number of halogens is 1. The van der Waals surface area contributed by atoms with E-state index in [-0.39, 0.29) is 24.0 Å². The molecule has 0 unspecified atom stereocenters. The summed E-state index contributed by atoms with van der Waals surface area (Å²) in [5, 5.41) is 7.93. The first kappa shape index (κ1) is 20.7. The van der Waals surface area contributed by atoms with E-state index in [1.807, 2.05) is 6.20 Å². The van der Waals surface area contributed by atoms with Gasteiger partial charge in [-0.05, 0) is 32.6 Å². The van der Waals surface area contributed by atoms with Crippen LogP contribution < -0.4 is 10.6 Å². The van der Waals surface area contributed by atoms with Gasteiger partial charge in [0.25, 0.3) is 0 Å². The molecule has 0 aromatic carbocycles. The first-order valence-corrected chi connectivity index (χ1v) is 9.53. The molecule has 0 amide bonds. The van der Waals surface area contributed by atoms with Crippen molar-refractivity contribution in [1.82, 2.24) is 15.6 Å². The first-order valence-electron chi connectivity index (χ1n) is 8.71. The molecule has 1 heterocycles. The highest BCUT2D eigenvalue weighted by Gasteiger charge is 2.13. The Kier molecular flexibility index (Phi) is 10.8. The van der Waals surface area contributed by atoms with Gasteiger partial charge in [-0.2, -0.15) is 0 Å². The predicted octanol–water partition coefficient (Wildman–Crippen LogP) is 4.14. The largest absolute Gasteiger partial charge is 0.357 e. The second-order valence-electron chi connectivity index (χ2n) is 6.09. The molecule has 1 saturated carbocycles. The van der Waals surface area contributed by atoms with Gasteiger partial charge in [0.05, 0.1) is 5.01 Å². The Hall–Kier alpha value is -0.370. The standard InChI is InChI=1S/C17H30N4S.HI/c1-3-18-17(19-11-6-9-15-7-4-5-8-15)20-12-10-16-21-13-14(2)22-16;/h13,15H,3-12H2,1-2H3,(H2,18,19,20);1H. The molecule has 6 heteroatoms. The minimum atomic E-state index is 0. The molecular formula is C17H31IN4S. The van der Waals surface area contributed by atoms with Crippen molar-refractivity contribution in [3.8, 4) is 0 Å². The zero-order chi connectivity index (χ0) is 15.6. The monoisotopic (exact) mass is 450 g/mol. The van der Waals surface area contributed by atoms with E-state index >= 15 is 0 Å². The summed E-state index contributed by atoms with van der Waals surface area (Å²) in [4.78, 5) is 10.4. The Morgan fingerprint density at radius 3 is 2.78 bits per heavy atom. The third-order valence-corrected chi connectivity index (χ3v) is 5.13. The number of hydrogen-bond acceptors (Lipinski definition) is 3. The average molecular weight is 450 g/mol. The van der Waals surface area contributed by atoms with Gasteiger partial charge in [0.2, 0.25) is 0 Å². The molecule has 0 radical (unpaired) electrons. The van der Waals surface area contributed by atoms with Gasteiger partial charge < -0.3 is 10.6 Å². The Bertz CT molecular complexity index is 455. The Labute approximate surface area is 162 Å². The van der Waals surface area contributed by atoms with Crippen LogP contribution in [-0.4, -0.2) is 30.6 Å². The number of thiazole rings is 1. The number of guanidine groups is 1. The van der Waals surface area contributed by atoms with Crippen molar-refractivity contribution in [3.63, 3.8) is 0 Å². The van der Waals surface area contributed by atoms with Gasteiger partial charge in [-0.3, -0.25) is 4.99 Å². The van der Waals surface area contributed by atoms with Crippen LogP contribution in [0.2, 0.25) is 0 Å². The van der Waals surface area contributed by atoms with Crippen LogP contribution in [0.15, 0.2) is 11.2 Å². The van der Waals surface area contributed by atoms with E-state index in [4.69, 9.17) is 0 Å². The number of rotatable bonds is 8. The molecule has 4 nitrogen and oxygen atoms in total. The molecule has 132 valence electrons. The summed E-state index contributed by atoms with van der Waals surface area (Å²) in [6.45, 7) is 6.94. The third-order valence-electron chi connectivity index (χ3n) is 4.16. The van der Waals surface area contributed by atoms with Crippen LogP contribution in [0.4, 0.5) is 0 Å². The summed E-state index contributed by atoms with van der Waals surface area (Å²) in [7, 11) is 0. The van der Waals surface area contributed by atoms with Crippen LogP contribution in [-0.2, 0) is 6.42 Å². The summed E-state index contributed by atoms with van der Waals surface area (Å²) in [5.41, 5.74) is 0. The Morgan fingerprint density at radius 2 is 2.13 bits per heavy atom. The molecule has 2 rings (SSSR count). The van der Waals surface area contributed by atoms with E-state index in [0.29, 0.717) is 0 Å². The van der Waals surface area contributed by atoms with Gasteiger partial charge in [-0.25, -0.2) is 4.98 Å². The fraction of sp³-hybridized carbons (Fsp3) is 0.765. The van der Waals surface area contributed by atoms with Gasteiger partial charge in [-0.15, -0.1) is 35.3 Å². The number of nitrogens with one attached hydrogen (secondary N) is 2. The number of hydrogen-bond donors (Lipinski definition) is 2.